The maximum absolute atomic E-state index is 11.2. The minimum absolute atomic E-state index is 0.132. The summed E-state index contributed by atoms with van der Waals surface area (Å²) in [6, 6.07) is 5.66. The van der Waals surface area contributed by atoms with Crippen molar-refractivity contribution in [2.24, 2.45) is 5.92 Å². The van der Waals surface area contributed by atoms with Crippen LogP contribution in [0, 0.1) is 16.0 Å². The lowest BCUT2D eigenvalue weighted by Gasteiger charge is -2.34. The number of rotatable bonds is 4. The summed E-state index contributed by atoms with van der Waals surface area (Å²) in [6.45, 7) is 3.82. The van der Waals surface area contributed by atoms with Crippen LogP contribution in [0.25, 0.3) is 0 Å². The maximum atomic E-state index is 11.2. The molecule has 2 fully saturated rings. The van der Waals surface area contributed by atoms with Crippen molar-refractivity contribution in [1.29, 1.82) is 0 Å². The molecule has 0 aliphatic carbocycles. The molecule has 2 saturated heterocycles. The molecule has 5 nitrogen and oxygen atoms in total. The lowest BCUT2D eigenvalue weighted by molar-refractivity contribution is -0.385. The molecule has 1 atom stereocenters. The van der Waals surface area contributed by atoms with E-state index in [2.05, 4.69) is 10.2 Å². The second kappa shape index (κ2) is 6.94. The van der Waals surface area contributed by atoms with Gasteiger partial charge in [-0.3, -0.25) is 15.0 Å². The van der Waals surface area contributed by atoms with Gasteiger partial charge in [0.25, 0.3) is 5.69 Å². The van der Waals surface area contributed by atoms with E-state index >= 15 is 0 Å². The Labute approximate surface area is 135 Å². The van der Waals surface area contributed by atoms with Gasteiger partial charge < -0.3 is 5.32 Å². The highest BCUT2D eigenvalue weighted by molar-refractivity contribution is 6.30. The van der Waals surface area contributed by atoms with Gasteiger partial charge in [0.15, 0.2) is 0 Å². The van der Waals surface area contributed by atoms with E-state index in [4.69, 9.17) is 11.6 Å². The third-order valence-corrected chi connectivity index (χ3v) is 5.17. The summed E-state index contributed by atoms with van der Waals surface area (Å²) < 4.78 is 0. The molecule has 0 bridgehead atoms. The van der Waals surface area contributed by atoms with Crippen molar-refractivity contribution in [2.45, 2.75) is 38.3 Å². The van der Waals surface area contributed by atoms with Crippen molar-refractivity contribution in [3.05, 3.63) is 38.9 Å². The van der Waals surface area contributed by atoms with Gasteiger partial charge in [-0.1, -0.05) is 11.6 Å². The SMILES string of the molecule is O=[N+]([O-])c1cc(Cl)ccc1CN1CCC(C2CCCN2)CC1. The summed E-state index contributed by atoms with van der Waals surface area (Å²) in [5, 5.41) is 15.2. The summed E-state index contributed by atoms with van der Waals surface area (Å²) >= 11 is 5.87. The molecule has 6 heteroatoms. The molecule has 1 N–H and O–H groups in total. The Morgan fingerprint density at radius 3 is 2.73 bits per heavy atom. The van der Waals surface area contributed by atoms with Crippen LogP contribution >= 0.6 is 11.6 Å². The molecule has 1 aromatic carbocycles. The monoisotopic (exact) mass is 323 g/mol. The number of nitrogens with zero attached hydrogens (tertiary/aromatic N) is 2. The van der Waals surface area contributed by atoms with E-state index < -0.39 is 0 Å². The highest BCUT2D eigenvalue weighted by atomic mass is 35.5. The van der Waals surface area contributed by atoms with Crippen molar-refractivity contribution >= 4 is 17.3 Å². The zero-order chi connectivity index (χ0) is 15.5. The second-order valence-corrected chi connectivity index (χ2v) is 6.78. The molecule has 22 heavy (non-hydrogen) atoms. The fourth-order valence-electron chi connectivity index (χ4n) is 3.71. The molecular formula is C16H22ClN3O2. The topological polar surface area (TPSA) is 58.4 Å². The molecule has 0 radical (unpaired) electrons. The van der Waals surface area contributed by atoms with E-state index in [0.29, 0.717) is 17.6 Å². The number of hydrogen-bond acceptors (Lipinski definition) is 4. The minimum atomic E-state index is -0.337. The van der Waals surface area contributed by atoms with Crippen molar-refractivity contribution in [3.63, 3.8) is 0 Å². The Morgan fingerprint density at radius 1 is 1.32 bits per heavy atom. The van der Waals surface area contributed by atoms with Gasteiger partial charge in [0.1, 0.15) is 0 Å². The van der Waals surface area contributed by atoms with Crippen LogP contribution in [-0.2, 0) is 6.54 Å². The summed E-state index contributed by atoms with van der Waals surface area (Å²) in [5.41, 5.74) is 0.888. The lowest BCUT2D eigenvalue weighted by atomic mass is 9.88. The third kappa shape index (κ3) is 3.59. The number of piperidine rings is 1. The van der Waals surface area contributed by atoms with Crippen LogP contribution in [0.4, 0.5) is 5.69 Å². The van der Waals surface area contributed by atoms with Crippen molar-refractivity contribution in [3.8, 4) is 0 Å². The number of hydrogen-bond donors (Lipinski definition) is 1. The molecule has 0 saturated carbocycles. The van der Waals surface area contributed by atoms with E-state index in [1.165, 1.54) is 31.7 Å². The Balaban J connectivity index is 1.59. The van der Waals surface area contributed by atoms with Gasteiger partial charge in [-0.15, -0.1) is 0 Å². The quantitative estimate of drug-likeness (QED) is 0.683. The molecule has 2 heterocycles. The van der Waals surface area contributed by atoms with Gasteiger partial charge in [0, 0.05) is 29.2 Å². The Kier molecular flexibility index (Phi) is 4.96. The molecule has 1 unspecified atom stereocenters. The second-order valence-electron chi connectivity index (χ2n) is 6.35. The fraction of sp³-hybridized carbons (Fsp3) is 0.625. The van der Waals surface area contributed by atoms with Gasteiger partial charge in [-0.25, -0.2) is 0 Å². The number of nitrogens with one attached hydrogen (secondary N) is 1. The Bertz CT molecular complexity index is 538. The normalized spacial score (nSPS) is 23.8. The molecule has 1 aromatic rings. The predicted octanol–water partition coefficient (Wildman–Crippen LogP) is 3.21. The first kappa shape index (κ1) is 15.7. The van der Waals surface area contributed by atoms with Crippen LogP contribution < -0.4 is 5.32 Å². The molecule has 2 aliphatic rings. The van der Waals surface area contributed by atoms with E-state index in [1.54, 1.807) is 12.1 Å². The fourth-order valence-corrected chi connectivity index (χ4v) is 3.88. The summed E-state index contributed by atoms with van der Waals surface area (Å²) in [7, 11) is 0. The number of benzene rings is 1. The van der Waals surface area contributed by atoms with E-state index in [1.807, 2.05) is 0 Å². The summed E-state index contributed by atoms with van der Waals surface area (Å²) in [6.07, 6.45) is 4.95. The summed E-state index contributed by atoms with van der Waals surface area (Å²) in [5.74, 6) is 0.763. The highest BCUT2D eigenvalue weighted by Gasteiger charge is 2.29. The Morgan fingerprint density at radius 2 is 2.09 bits per heavy atom. The Hall–Kier alpha value is -1.17. The van der Waals surface area contributed by atoms with E-state index in [-0.39, 0.29) is 10.6 Å². The first-order chi connectivity index (χ1) is 10.6. The van der Waals surface area contributed by atoms with Crippen molar-refractivity contribution in [2.75, 3.05) is 19.6 Å². The van der Waals surface area contributed by atoms with E-state index in [0.717, 1.165) is 31.1 Å². The van der Waals surface area contributed by atoms with Crippen LogP contribution in [0.1, 0.15) is 31.2 Å². The van der Waals surface area contributed by atoms with Crippen LogP contribution in [0.15, 0.2) is 18.2 Å². The van der Waals surface area contributed by atoms with Crippen molar-refractivity contribution < 1.29 is 4.92 Å². The lowest BCUT2D eigenvalue weighted by Crippen LogP contribution is -2.40. The number of likely N-dealkylation sites (tertiary alicyclic amines) is 1. The van der Waals surface area contributed by atoms with Crippen LogP contribution in [0.2, 0.25) is 5.02 Å². The number of nitro benzene ring substituents is 1. The van der Waals surface area contributed by atoms with Crippen molar-refractivity contribution in [1.82, 2.24) is 10.2 Å². The minimum Gasteiger partial charge on any atom is -0.314 e. The number of halogens is 1. The van der Waals surface area contributed by atoms with Gasteiger partial charge in [0.2, 0.25) is 0 Å². The first-order valence-corrected chi connectivity index (χ1v) is 8.40. The first-order valence-electron chi connectivity index (χ1n) is 8.02. The molecule has 0 aromatic heterocycles. The zero-order valence-corrected chi connectivity index (χ0v) is 13.4. The molecular weight excluding hydrogens is 302 g/mol. The third-order valence-electron chi connectivity index (χ3n) is 4.94. The zero-order valence-electron chi connectivity index (χ0n) is 12.6. The predicted molar refractivity (Wildman–Crippen MR) is 87.1 cm³/mol. The largest absolute Gasteiger partial charge is 0.314 e. The molecule has 120 valence electrons. The molecule has 0 amide bonds. The summed E-state index contributed by atoms with van der Waals surface area (Å²) in [4.78, 5) is 13.1. The van der Waals surface area contributed by atoms with Gasteiger partial charge >= 0.3 is 0 Å². The van der Waals surface area contributed by atoms with E-state index in [9.17, 15) is 10.1 Å². The van der Waals surface area contributed by atoms with Crippen LogP contribution in [-0.4, -0.2) is 35.5 Å². The molecule has 0 spiro atoms. The molecule has 3 rings (SSSR count). The van der Waals surface area contributed by atoms with Gasteiger partial charge in [0.05, 0.1) is 4.92 Å². The average Bonchev–Trinajstić information content (AvgIpc) is 3.04. The number of nitro groups is 1. The van der Waals surface area contributed by atoms with Gasteiger partial charge in [-0.2, -0.15) is 0 Å². The smallest absolute Gasteiger partial charge is 0.275 e. The van der Waals surface area contributed by atoms with Crippen LogP contribution in [0.3, 0.4) is 0 Å². The maximum Gasteiger partial charge on any atom is 0.275 e. The average molecular weight is 324 g/mol. The highest BCUT2D eigenvalue weighted by Crippen LogP contribution is 2.29. The van der Waals surface area contributed by atoms with Gasteiger partial charge in [-0.05, 0) is 63.4 Å². The molecule has 2 aliphatic heterocycles. The van der Waals surface area contributed by atoms with Crippen LogP contribution in [0.5, 0.6) is 0 Å². The standard InChI is InChI=1S/C16H22ClN3O2/c17-14-4-3-13(16(10-14)20(21)22)11-19-8-5-12(6-9-19)15-2-1-7-18-15/h3-4,10,12,15,18H,1-2,5-9,11H2.